The fraction of sp³-hybridized carbons (Fsp3) is 0.167. The second kappa shape index (κ2) is 9.59. The van der Waals surface area contributed by atoms with Gasteiger partial charge in [-0.2, -0.15) is 0 Å². The Kier molecular flexibility index (Phi) is 6.33. The van der Waals surface area contributed by atoms with Crippen molar-refractivity contribution in [1.29, 1.82) is 0 Å². The highest BCUT2D eigenvalue weighted by molar-refractivity contribution is 5.67. The molecule has 36 heavy (non-hydrogen) atoms. The Morgan fingerprint density at radius 3 is 1.86 bits per heavy atom. The molecule has 0 saturated heterocycles. The van der Waals surface area contributed by atoms with Crippen LogP contribution in [0.5, 0.6) is 5.75 Å². The number of para-hydroxylation sites is 1. The second-order valence-electron chi connectivity index (χ2n) is 8.64. The maximum Gasteiger partial charge on any atom is 0.305 e. The Balaban J connectivity index is 1.74. The molecule has 0 spiro atoms. The summed E-state index contributed by atoms with van der Waals surface area (Å²) in [5, 5.41) is 23.6. The van der Waals surface area contributed by atoms with E-state index in [1.165, 1.54) is 6.92 Å². The molecule has 0 aromatic heterocycles. The van der Waals surface area contributed by atoms with Gasteiger partial charge >= 0.3 is 5.97 Å². The third-order valence-corrected chi connectivity index (χ3v) is 6.24. The molecule has 4 aromatic carbocycles. The predicted octanol–water partition coefficient (Wildman–Crippen LogP) is 4.81. The molecule has 6 heteroatoms. The highest BCUT2D eigenvalue weighted by Gasteiger charge is 2.62. The molecule has 2 N–H and O–H groups in total. The fourth-order valence-electron chi connectivity index (χ4n) is 4.61. The van der Waals surface area contributed by atoms with Crippen molar-refractivity contribution in [3.63, 3.8) is 0 Å². The number of hydrogen-bond acceptors (Lipinski definition) is 6. The minimum atomic E-state index is -2.44. The van der Waals surface area contributed by atoms with Crippen LogP contribution in [0.3, 0.4) is 0 Å². The quantitative estimate of drug-likeness (QED) is 0.303. The average molecular weight is 483 g/mol. The second-order valence-corrected chi connectivity index (χ2v) is 8.64. The van der Waals surface area contributed by atoms with E-state index in [4.69, 9.17) is 14.2 Å². The number of aliphatic hydroxyl groups is 2. The van der Waals surface area contributed by atoms with Crippen LogP contribution in [0.2, 0.25) is 0 Å². The first kappa shape index (κ1) is 23.8. The Hall–Kier alpha value is -3.97. The van der Waals surface area contributed by atoms with Gasteiger partial charge in [0.05, 0.1) is 5.56 Å². The molecule has 3 atom stereocenters. The number of fused-ring (bicyclic) bond motifs is 1. The summed E-state index contributed by atoms with van der Waals surface area (Å²) < 4.78 is 18.6. The molecule has 0 aliphatic carbocycles. The number of ether oxygens (including phenoxy) is 3. The molecule has 0 radical (unpaired) electrons. The van der Waals surface area contributed by atoms with E-state index < -0.39 is 29.8 Å². The molecule has 1 aliphatic heterocycles. The maximum absolute atomic E-state index is 12.1. The molecule has 1 aliphatic rings. The van der Waals surface area contributed by atoms with Gasteiger partial charge in [0.2, 0.25) is 0 Å². The van der Waals surface area contributed by atoms with Crippen molar-refractivity contribution in [3.8, 4) is 5.75 Å². The van der Waals surface area contributed by atoms with Gasteiger partial charge in [-0.3, -0.25) is 4.79 Å². The number of aliphatic hydroxyl groups excluding tert-OH is 1. The van der Waals surface area contributed by atoms with Crippen molar-refractivity contribution in [2.45, 2.75) is 30.7 Å². The Bertz CT molecular complexity index is 1290. The third kappa shape index (κ3) is 4.16. The lowest BCUT2D eigenvalue weighted by molar-refractivity contribution is -0.363. The summed E-state index contributed by atoms with van der Waals surface area (Å²) in [6.45, 7) is 1.17. The van der Waals surface area contributed by atoms with Crippen LogP contribution >= 0.6 is 0 Å². The molecule has 0 amide bonds. The number of hydrogen-bond donors (Lipinski definition) is 2. The van der Waals surface area contributed by atoms with Gasteiger partial charge in [-0.05, 0) is 23.3 Å². The lowest BCUT2D eigenvalue weighted by Crippen LogP contribution is -2.62. The highest BCUT2D eigenvalue weighted by Crippen LogP contribution is 2.51. The normalized spacial score (nSPS) is 22.9. The predicted molar refractivity (Wildman–Crippen MR) is 133 cm³/mol. The summed E-state index contributed by atoms with van der Waals surface area (Å²) in [6, 6.07) is 34.5. The van der Waals surface area contributed by atoms with Gasteiger partial charge in [0.1, 0.15) is 11.9 Å². The number of benzene rings is 4. The molecule has 3 unspecified atom stereocenters. The molecular formula is C30H26O6. The first-order valence-corrected chi connectivity index (χ1v) is 11.7. The van der Waals surface area contributed by atoms with Gasteiger partial charge in [0.25, 0.3) is 11.6 Å². The van der Waals surface area contributed by atoms with Crippen LogP contribution in [0.4, 0.5) is 0 Å². The minimum absolute atomic E-state index is 0.124. The Labute approximate surface area is 209 Å². The molecule has 0 saturated carbocycles. The zero-order valence-electron chi connectivity index (χ0n) is 19.7. The lowest BCUT2D eigenvalue weighted by atomic mass is 9.85. The number of rotatable bonds is 6. The fourth-order valence-corrected chi connectivity index (χ4v) is 4.61. The Morgan fingerprint density at radius 1 is 0.806 bits per heavy atom. The van der Waals surface area contributed by atoms with E-state index in [1.54, 1.807) is 48.5 Å². The van der Waals surface area contributed by atoms with Crippen LogP contribution in [0, 0.1) is 0 Å². The summed E-state index contributed by atoms with van der Waals surface area (Å²) in [5.74, 6) is -4.93. The van der Waals surface area contributed by atoms with E-state index >= 15 is 0 Å². The zero-order valence-corrected chi connectivity index (χ0v) is 19.7. The van der Waals surface area contributed by atoms with E-state index in [2.05, 4.69) is 0 Å². The molecule has 5 rings (SSSR count). The van der Waals surface area contributed by atoms with Gasteiger partial charge in [-0.25, -0.2) is 0 Å². The summed E-state index contributed by atoms with van der Waals surface area (Å²) >= 11 is 0. The van der Waals surface area contributed by atoms with Crippen molar-refractivity contribution in [2.24, 2.45) is 0 Å². The van der Waals surface area contributed by atoms with Crippen molar-refractivity contribution in [1.82, 2.24) is 0 Å². The minimum Gasteiger partial charge on any atom is -0.454 e. The van der Waals surface area contributed by atoms with Gasteiger partial charge in [-0.1, -0.05) is 103 Å². The van der Waals surface area contributed by atoms with Crippen molar-refractivity contribution < 1.29 is 29.2 Å². The summed E-state index contributed by atoms with van der Waals surface area (Å²) in [4.78, 5) is 12.1. The molecule has 182 valence electrons. The highest BCUT2D eigenvalue weighted by atomic mass is 16.7. The van der Waals surface area contributed by atoms with Gasteiger partial charge < -0.3 is 24.4 Å². The summed E-state index contributed by atoms with van der Waals surface area (Å²) in [7, 11) is 0. The number of carbonyl (C=O) groups excluding carboxylic acids is 1. The van der Waals surface area contributed by atoms with Crippen molar-refractivity contribution >= 4 is 5.97 Å². The molecule has 4 aromatic rings. The standard InChI is InChI=1S/C30H26O6/c1-21(31)34-29(33)25-19-11-12-20-26(25)35-30(28(29)32,24-17-9-4-10-18-24)36-27(22-13-5-2-6-14-22)23-15-7-3-8-16-23/h2-20,27-28,32-33H,1H3. The number of carbonyl (C=O) groups is 1. The van der Waals surface area contributed by atoms with Crippen LogP contribution in [-0.4, -0.2) is 22.3 Å². The van der Waals surface area contributed by atoms with E-state index in [1.807, 2.05) is 66.7 Å². The summed E-state index contributed by atoms with van der Waals surface area (Å²) in [6.07, 6.45) is -2.55. The Morgan fingerprint density at radius 2 is 1.31 bits per heavy atom. The van der Waals surface area contributed by atoms with Crippen LogP contribution in [-0.2, 0) is 25.8 Å². The van der Waals surface area contributed by atoms with Crippen molar-refractivity contribution in [3.05, 3.63) is 138 Å². The van der Waals surface area contributed by atoms with E-state index in [-0.39, 0.29) is 11.3 Å². The van der Waals surface area contributed by atoms with Crippen molar-refractivity contribution in [2.75, 3.05) is 0 Å². The smallest absolute Gasteiger partial charge is 0.305 e. The van der Waals surface area contributed by atoms with Crippen LogP contribution in [0.15, 0.2) is 115 Å². The molecule has 6 nitrogen and oxygen atoms in total. The first-order chi connectivity index (χ1) is 17.4. The van der Waals surface area contributed by atoms with Gasteiger partial charge in [0, 0.05) is 12.5 Å². The zero-order chi connectivity index (χ0) is 25.2. The molecule has 1 heterocycles. The first-order valence-electron chi connectivity index (χ1n) is 11.7. The topological polar surface area (TPSA) is 85.2 Å². The third-order valence-electron chi connectivity index (χ3n) is 6.24. The van der Waals surface area contributed by atoms with E-state index in [9.17, 15) is 15.0 Å². The average Bonchev–Trinajstić information content (AvgIpc) is 2.91. The SMILES string of the molecule is CC(=O)OC1(O)c2ccccc2OC(OC(c2ccccc2)c2ccccc2)(c2ccccc2)C1O. The van der Waals surface area contributed by atoms with Crippen LogP contribution < -0.4 is 4.74 Å². The van der Waals surface area contributed by atoms with Crippen LogP contribution in [0.1, 0.15) is 35.3 Å². The largest absolute Gasteiger partial charge is 0.454 e. The van der Waals surface area contributed by atoms with Gasteiger partial charge in [-0.15, -0.1) is 0 Å². The van der Waals surface area contributed by atoms with E-state index in [0.717, 1.165) is 11.1 Å². The molecule has 0 bridgehead atoms. The lowest BCUT2D eigenvalue weighted by Gasteiger charge is -2.49. The molecule has 0 fully saturated rings. The molecular weight excluding hydrogens is 456 g/mol. The number of esters is 1. The maximum atomic E-state index is 12.1. The summed E-state index contributed by atoms with van der Waals surface area (Å²) in [5.41, 5.74) is 2.18. The van der Waals surface area contributed by atoms with E-state index in [0.29, 0.717) is 5.56 Å². The van der Waals surface area contributed by atoms with Gasteiger partial charge in [0.15, 0.2) is 6.10 Å². The monoisotopic (exact) mass is 482 g/mol. The van der Waals surface area contributed by atoms with Crippen LogP contribution in [0.25, 0.3) is 0 Å².